The molecule has 0 spiro atoms. The smallest absolute Gasteiger partial charge is 0.328 e. The van der Waals surface area contributed by atoms with Crippen molar-refractivity contribution < 1.29 is 19.7 Å². The minimum atomic E-state index is -0.986. The van der Waals surface area contributed by atoms with Gasteiger partial charge in [-0.1, -0.05) is 57.2 Å². The number of phenols is 1. The summed E-state index contributed by atoms with van der Waals surface area (Å²) >= 11 is 1.59. The number of fused-ring (bicyclic) bond motifs is 1. The Morgan fingerprint density at radius 3 is 2.41 bits per heavy atom. The van der Waals surface area contributed by atoms with E-state index >= 15 is 0 Å². The van der Waals surface area contributed by atoms with Gasteiger partial charge in [-0.2, -0.15) is 0 Å². The predicted molar refractivity (Wildman–Crippen MR) is 131 cm³/mol. The van der Waals surface area contributed by atoms with Crippen molar-refractivity contribution in [2.75, 3.05) is 0 Å². The lowest BCUT2D eigenvalue weighted by Gasteiger charge is -2.23. The first-order valence-corrected chi connectivity index (χ1v) is 11.1. The van der Waals surface area contributed by atoms with Gasteiger partial charge in [0.05, 0.1) is 4.88 Å². The van der Waals surface area contributed by atoms with E-state index in [9.17, 15) is 9.90 Å². The highest BCUT2D eigenvalue weighted by Crippen LogP contribution is 2.49. The van der Waals surface area contributed by atoms with Crippen molar-refractivity contribution in [1.29, 1.82) is 0 Å². The second kappa shape index (κ2) is 8.52. The average Bonchev–Trinajstić information content (AvgIpc) is 3.09. The molecule has 2 N–H and O–H groups in total. The largest absolute Gasteiger partial charge is 0.508 e. The van der Waals surface area contributed by atoms with Gasteiger partial charge in [0.15, 0.2) is 5.75 Å². The molecule has 4 rings (SSSR count). The third-order valence-electron chi connectivity index (χ3n) is 5.13. The number of phenolic OH excluding ortho intramolecular Hbond substituents is 1. The van der Waals surface area contributed by atoms with Crippen LogP contribution in [0, 0.1) is 0 Å². The van der Waals surface area contributed by atoms with E-state index in [1.807, 2.05) is 42.5 Å². The van der Waals surface area contributed by atoms with Gasteiger partial charge in [-0.25, -0.2) is 4.79 Å². The normalized spacial score (nSPS) is 11.8. The summed E-state index contributed by atoms with van der Waals surface area (Å²) in [4.78, 5) is 11.7. The van der Waals surface area contributed by atoms with Gasteiger partial charge in [-0.3, -0.25) is 0 Å². The minimum absolute atomic E-state index is 0.0513. The molecule has 3 aromatic carbocycles. The standard InChI is InChI=1S/C27H24O4S/c1-27(2,3)22-7-5-4-6-20(22)26-25(21-14-11-18(28)16-23(21)32-26)31-19-12-8-17(9-13-19)10-15-24(29)30/h4-16,28H,1-3H3,(H,29,30)/b15-10+. The molecule has 0 aliphatic carbocycles. The lowest BCUT2D eigenvalue weighted by molar-refractivity contribution is -0.131. The summed E-state index contributed by atoms with van der Waals surface area (Å²) in [7, 11) is 0. The molecule has 0 saturated carbocycles. The summed E-state index contributed by atoms with van der Waals surface area (Å²) in [5.74, 6) is 0.631. The van der Waals surface area contributed by atoms with Gasteiger partial charge in [0.25, 0.3) is 0 Å². The maximum absolute atomic E-state index is 10.7. The van der Waals surface area contributed by atoms with Crippen molar-refractivity contribution in [3.63, 3.8) is 0 Å². The van der Waals surface area contributed by atoms with Crippen LogP contribution in [0.2, 0.25) is 0 Å². The maximum Gasteiger partial charge on any atom is 0.328 e. The number of aliphatic carboxylic acids is 1. The van der Waals surface area contributed by atoms with E-state index in [4.69, 9.17) is 9.84 Å². The minimum Gasteiger partial charge on any atom is -0.508 e. The Morgan fingerprint density at radius 2 is 1.72 bits per heavy atom. The fourth-order valence-corrected chi connectivity index (χ4v) is 4.81. The number of carboxylic acids is 1. The quantitative estimate of drug-likeness (QED) is 0.314. The van der Waals surface area contributed by atoms with Crippen LogP contribution in [0.4, 0.5) is 0 Å². The van der Waals surface area contributed by atoms with Gasteiger partial charge in [0, 0.05) is 16.2 Å². The summed E-state index contributed by atoms with van der Waals surface area (Å²) in [6.45, 7) is 6.57. The zero-order chi connectivity index (χ0) is 22.9. The van der Waals surface area contributed by atoms with Gasteiger partial charge in [0.2, 0.25) is 0 Å². The van der Waals surface area contributed by atoms with Gasteiger partial charge in [0.1, 0.15) is 11.5 Å². The molecule has 0 fully saturated rings. The maximum atomic E-state index is 10.7. The number of carboxylic acid groups (broad SMARTS) is 1. The second-order valence-electron chi connectivity index (χ2n) is 8.58. The van der Waals surface area contributed by atoms with Crippen molar-refractivity contribution in [2.24, 2.45) is 0 Å². The zero-order valence-corrected chi connectivity index (χ0v) is 18.9. The first kappa shape index (κ1) is 21.7. The van der Waals surface area contributed by atoms with E-state index < -0.39 is 5.97 Å². The Morgan fingerprint density at radius 1 is 1.00 bits per heavy atom. The molecule has 4 aromatic rings. The van der Waals surface area contributed by atoms with Crippen LogP contribution in [-0.4, -0.2) is 16.2 Å². The highest BCUT2D eigenvalue weighted by atomic mass is 32.1. The molecule has 0 aliphatic heterocycles. The van der Waals surface area contributed by atoms with Crippen LogP contribution in [0.15, 0.2) is 72.8 Å². The number of hydrogen-bond acceptors (Lipinski definition) is 4. The van der Waals surface area contributed by atoms with E-state index in [1.165, 1.54) is 5.56 Å². The molecule has 0 radical (unpaired) electrons. The van der Waals surface area contributed by atoms with Gasteiger partial charge in [-0.05, 0) is 58.5 Å². The fraction of sp³-hybridized carbons (Fsp3) is 0.148. The van der Waals surface area contributed by atoms with E-state index in [0.29, 0.717) is 5.75 Å². The number of benzene rings is 3. The fourth-order valence-electron chi connectivity index (χ4n) is 3.61. The van der Waals surface area contributed by atoms with Crippen LogP contribution in [0.5, 0.6) is 17.2 Å². The third-order valence-corrected chi connectivity index (χ3v) is 6.29. The van der Waals surface area contributed by atoms with Crippen molar-refractivity contribution in [3.8, 4) is 27.7 Å². The van der Waals surface area contributed by atoms with Crippen LogP contribution in [-0.2, 0) is 10.2 Å². The van der Waals surface area contributed by atoms with E-state index in [1.54, 1.807) is 29.5 Å². The monoisotopic (exact) mass is 444 g/mol. The molecule has 0 amide bonds. The third kappa shape index (κ3) is 4.53. The molecule has 162 valence electrons. The lowest BCUT2D eigenvalue weighted by Crippen LogP contribution is -2.12. The Hall–Kier alpha value is -3.57. The Balaban J connectivity index is 1.82. The van der Waals surface area contributed by atoms with Gasteiger partial charge < -0.3 is 14.9 Å². The first-order chi connectivity index (χ1) is 15.2. The number of rotatable bonds is 5. The van der Waals surface area contributed by atoms with E-state index in [-0.39, 0.29) is 11.2 Å². The first-order valence-electron chi connectivity index (χ1n) is 10.3. The van der Waals surface area contributed by atoms with Crippen molar-refractivity contribution >= 4 is 33.5 Å². The van der Waals surface area contributed by atoms with Crippen LogP contribution in [0.25, 0.3) is 26.6 Å². The SMILES string of the molecule is CC(C)(C)c1ccccc1-c1sc2cc(O)ccc2c1Oc1ccc(/C=C/C(=O)O)cc1. The van der Waals surface area contributed by atoms with E-state index in [0.717, 1.165) is 37.9 Å². The molecule has 5 heteroatoms. The van der Waals surface area contributed by atoms with Crippen molar-refractivity contribution in [3.05, 3.63) is 83.9 Å². The van der Waals surface area contributed by atoms with Crippen LogP contribution in [0.1, 0.15) is 31.9 Å². The van der Waals surface area contributed by atoms with Gasteiger partial charge in [-0.15, -0.1) is 11.3 Å². The summed E-state index contributed by atoms with van der Waals surface area (Å²) in [6, 6.07) is 20.9. The molecule has 0 atom stereocenters. The second-order valence-corrected chi connectivity index (χ2v) is 9.63. The van der Waals surface area contributed by atoms with Crippen LogP contribution < -0.4 is 4.74 Å². The molecule has 0 bridgehead atoms. The molecular formula is C27H24O4S. The molecule has 0 unspecified atom stereocenters. The Labute approximate surface area is 191 Å². The average molecular weight is 445 g/mol. The molecule has 1 aromatic heterocycles. The number of carbonyl (C=O) groups is 1. The number of hydrogen-bond donors (Lipinski definition) is 2. The highest BCUT2D eigenvalue weighted by molar-refractivity contribution is 7.22. The summed E-state index contributed by atoms with van der Waals surface area (Å²) in [5, 5.41) is 19.8. The zero-order valence-electron chi connectivity index (χ0n) is 18.1. The van der Waals surface area contributed by atoms with Crippen LogP contribution in [0.3, 0.4) is 0 Å². The predicted octanol–water partition coefficient (Wildman–Crippen LogP) is 7.46. The highest BCUT2D eigenvalue weighted by Gasteiger charge is 2.23. The summed E-state index contributed by atoms with van der Waals surface area (Å²) in [5.41, 5.74) is 3.05. The molecule has 0 aliphatic rings. The number of thiophene rings is 1. The summed E-state index contributed by atoms with van der Waals surface area (Å²) < 4.78 is 7.34. The number of ether oxygens (including phenoxy) is 1. The van der Waals surface area contributed by atoms with Crippen molar-refractivity contribution in [2.45, 2.75) is 26.2 Å². The lowest BCUT2D eigenvalue weighted by atomic mass is 9.83. The van der Waals surface area contributed by atoms with Crippen LogP contribution >= 0.6 is 11.3 Å². The molecule has 0 saturated heterocycles. The topological polar surface area (TPSA) is 66.8 Å². The number of aromatic hydroxyl groups is 1. The summed E-state index contributed by atoms with van der Waals surface area (Å²) in [6.07, 6.45) is 2.65. The van der Waals surface area contributed by atoms with E-state index in [2.05, 4.69) is 32.9 Å². The molecule has 1 heterocycles. The Bertz CT molecular complexity index is 1310. The molecule has 4 nitrogen and oxygen atoms in total. The van der Waals surface area contributed by atoms with Crippen molar-refractivity contribution in [1.82, 2.24) is 0 Å². The molecular weight excluding hydrogens is 420 g/mol. The Kier molecular flexibility index (Phi) is 5.76. The molecule has 32 heavy (non-hydrogen) atoms. The van der Waals surface area contributed by atoms with Gasteiger partial charge >= 0.3 is 5.97 Å².